The smallest absolute Gasteiger partial charge is 0.410 e. The van der Waals surface area contributed by atoms with Crippen molar-refractivity contribution in [2.45, 2.75) is 157 Å². The summed E-state index contributed by atoms with van der Waals surface area (Å²) < 4.78 is 51.8. The molecule has 4 amide bonds. The van der Waals surface area contributed by atoms with Crippen molar-refractivity contribution in [3.05, 3.63) is 99.6 Å². The summed E-state index contributed by atoms with van der Waals surface area (Å²) in [5, 5.41) is 35.8. The molecule has 29 heteroatoms. The fraction of sp³-hybridized carbons (Fsp3) is 0.552. The highest BCUT2D eigenvalue weighted by atomic mass is 31.2. The van der Waals surface area contributed by atoms with Crippen molar-refractivity contribution >= 4 is 72.3 Å². The Morgan fingerprint density at radius 3 is 2.20 bits per heavy atom. The number of rotatable bonds is 19. The quantitative estimate of drug-likeness (QED) is 0.0358. The Labute approximate surface area is 557 Å². The van der Waals surface area contributed by atoms with Crippen LogP contribution in [0.3, 0.4) is 0 Å². The first kappa shape index (κ1) is 75.1. The second kappa shape index (κ2) is 31.7. The average molecular weight is 1360 g/mol. The van der Waals surface area contributed by atoms with Gasteiger partial charge in [-0.25, -0.2) is 4.79 Å². The molecule has 8 N–H and O–H groups in total. The molecule has 96 heavy (non-hydrogen) atoms. The maximum Gasteiger partial charge on any atom is 0.410 e. The van der Waals surface area contributed by atoms with Crippen molar-refractivity contribution in [1.82, 2.24) is 25.8 Å². The van der Waals surface area contributed by atoms with Gasteiger partial charge in [-0.3, -0.25) is 47.9 Å². The van der Waals surface area contributed by atoms with E-state index in [4.69, 9.17) is 38.2 Å². The number of aliphatic hydroxyl groups excluding tert-OH is 1. The molecule has 1 saturated heterocycles. The SMILES string of the molecule is CCC(=O)OCOC(=O)N[C@@H](CCC(=O)Nc1ccc(CCP(=O)(O)O)cc1)C(=O)N(C)CC(=O)O[C@@H]1[C@@H](C)[C@@H](O)[C@@H](C)[C@H](OC(C)=O)[C@H](C)[C@@H](OC)/C=C/O[C@@]2(C)Oc3c(C)c(O)c4c(c3C2=O)C2=NC3(CCN(CC(C)C)CC3)NC2=C(NC(=O)/C(C)=C\C=C\[C@@H]1C)C4=O. The van der Waals surface area contributed by atoms with Crippen LogP contribution in [0.4, 0.5) is 10.5 Å². The number of likely N-dealkylation sites (tertiary alicyclic amines) is 1. The lowest BCUT2D eigenvalue weighted by Crippen LogP contribution is -2.50. The number of esters is 3. The van der Waals surface area contributed by atoms with Crippen molar-refractivity contribution in [3.8, 4) is 11.5 Å². The van der Waals surface area contributed by atoms with Gasteiger partial charge in [0.05, 0.1) is 47.2 Å². The maximum atomic E-state index is 15.1. The van der Waals surface area contributed by atoms with Crippen molar-refractivity contribution in [3.63, 3.8) is 0 Å². The van der Waals surface area contributed by atoms with Crippen molar-refractivity contribution in [2.24, 2.45) is 34.6 Å². The number of benzene rings is 2. The van der Waals surface area contributed by atoms with E-state index in [1.54, 1.807) is 45.9 Å². The molecular weight excluding hydrogens is 1270 g/mol. The predicted molar refractivity (Wildman–Crippen MR) is 348 cm³/mol. The first-order valence-electron chi connectivity index (χ1n) is 32.0. The van der Waals surface area contributed by atoms with E-state index >= 15 is 9.59 Å². The van der Waals surface area contributed by atoms with E-state index in [1.807, 2.05) is 0 Å². The number of likely N-dealkylation sites (N-methyl/N-ethyl adjacent to an activating group) is 1. The summed E-state index contributed by atoms with van der Waals surface area (Å²) in [7, 11) is -1.63. The Morgan fingerprint density at radius 2 is 1.57 bits per heavy atom. The summed E-state index contributed by atoms with van der Waals surface area (Å²) in [4.78, 5) is 151. The number of piperidine rings is 1. The summed E-state index contributed by atoms with van der Waals surface area (Å²) in [5.74, 6) is -12.0. The van der Waals surface area contributed by atoms with Gasteiger partial charge in [-0.1, -0.05) is 78.8 Å². The molecule has 8 rings (SSSR count). The van der Waals surface area contributed by atoms with Gasteiger partial charge in [-0.2, -0.15) is 0 Å². The van der Waals surface area contributed by atoms with Gasteiger partial charge < -0.3 is 84.2 Å². The van der Waals surface area contributed by atoms with Crippen LogP contribution in [0.25, 0.3) is 0 Å². The van der Waals surface area contributed by atoms with Crippen LogP contribution in [0.15, 0.2) is 76.8 Å². The highest BCUT2D eigenvalue weighted by Gasteiger charge is 2.55. The number of ketones is 2. The Bertz CT molecular complexity index is 3530. The number of hydrogen-bond donors (Lipinski definition) is 8. The number of fused-ring (bicyclic) bond motifs is 13. The molecule has 10 atom stereocenters. The number of aromatic hydroxyl groups is 1. The molecule has 1 fully saturated rings. The monoisotopic (exact) mass is 1360 g/mol. The molecular formula is C67H90N7O21P. The molecule has 1 spiro atoms. The summed E-state index contributed by atoms with van der Waals surface area (Å²) in [6, 6.07) is 4.65. The number of aliphatic hydroxyl groups is 1. The lowest BCUT2D eigenvalue weighted by molar-refractivity contribution is -0.167. The third-order valence-electron chi connectivity index (χ3n) is 17.8. The van der Waals surface area contributed by atoms with Crippen LogP contribution < -0.4 is 26.0 Å². The number of aliphatic imine (C=N–C) groups is 1. The Hall–Kier alpha value is -8.27. The molecule has 5 bridgehead atoms. The van der Waals surface area contributed by atoms with Gasteiger partial charge in [0.15, 0.2) is 0 Å². The number of nitrogens with zero attached hydrogens (tertiary/aromatic N) is 3. The molecule has 0 radical (unpaired) electrons. The number of amides is 4. The lowest BCUT2D eigenvalue weighted by Gasteiger charge is -2.39. The standard InChI is InChI=1S/C67H90N7O21P/c1-14-48(77)90-34-91-65(85)69-45(22-23-47(76)68-44-20-18-43(19-21-44)25-31-96(86,87)88)64(84)73(12)33-49(78)94-59-36(4)16-15-17-37(5)63(83)70-55-54-53(71-67(72-54)26-28-74(29-27-67)32-35(2)3)50-51(58(55)81)57(80)41(9)61-52(50)62(82)66(11,95-61)92-30-24-46(89-13)38(6)60(93-42(10)75)40(8)56(79)39(59)7/h15-21,24,30,35-36,38-40,45-46,56,59-60,72,79-80H,14,22-23,25-29,31-34H2,1-13H3,(H,68,76)(H,69,85)(H,70,83)(H2,86,87,88)/b16-15+,30-24+,37-17-/t36-,38+,39-,40+,45-,46-,56+,59-,60+,66-/m0/s1. The zero-order valence-corrected chi connectivity index (χ0v) is 57.4. The zero-order valence-electron chi connectivity index (χ0n) is 56.5. The summed E-state index contributed by atoms with van der Waals surface area (Å²) in [6.45, 7) is 18.4. The molecule has 0 saturated carbocycles. The maximum absolute atomic E-state index is 15.1. The number of phenols is 1. The highest BCUT2D eigenvalue weighted by Crippen LogP contribution is 2.50. The number of carbonyl (C=O) groups excluding carboxylic acids is 9. The Balaban J connectivity index is 1.21. The van der Waals surface area contributed by atoms with Gasteiger partial charge in [0, 0.05) is 119 Å². The van der Waals surface area contributed by atoms with Gasteiger partial charge >= 0.3 is 37.4 Å². The minimum absolute atomic E-state index is 0.0107. The Kier molecular flexibility index (Phi) is 24.8. The fourth-order valence-corrected chi connectivity index (χ4v) is 13.0. The second-order valence-corrected chi connectivity index (χ2v) is 27.5. The van der Waals surface area contributed by atoms with Gasteiger partial charge in [0.1, 0.15) is 47.7 Å². The molecule has 2 aromatic carbocycles. The number of allylic oxidation sites excluding steroid dienone is 4. The number of phenolic OH excluding ortho intramolecular Hbond substituents is 1. The minimum Gasteiger partial charge on any atom is -0.507 e. The number of hydrogen-bond acceptors (Lipinski definition) is 22. The zero-order chi connectivity index (χ0) is 70.9. The average Bonchev–Trinajstić information content (AvgIpc) is 1.52. The van der Waals surface area contributed by atoms with Crippen LogP contribution in [-0.4, -0.2) is 184 Å². The normalized spacial score (nSPS) is 25.9. The molecule has 5 aliphatic heterocycles. The van der Waals surface area contributed by atoms with E-state index in [-0.39, 0.29) is 82.5 Å². The van der Waals surface area contributed by atoms with Gasteiger partial charge in [0.25, 0.3) is 11.7 Å². The van der Waals surface area contributed by atoms with Crippen molar-refractivity contribution in [2.75, 3.05) is 58.6 Å². The number of anilines is 1. The number of alkyl carbamates (subject to hydrolysis) is 1. The second-order valence-electron chi connectivity index (χ2n) is 25.7. The third kappa shape index (κ3) is 18.0. The predicted octanol–water partition coefficient (Wildman–Crippen LogP) is 5.77. The van der Waals surface area contributed by atoms with Gasteiger partial charge in [-0.05, 0) is 56.4 Å². The van der Waals surface area contributed by atoms with Crippen LogP contribution in [0.5, 0.6) is 11.5 Å². The van der Waals surface area contributed by atoms with Crippen LogP contribution in [0.1, 0.15) is 139 Å². The minimum atomic E-state index is -4.26. The van der Waals surface area contributed by atoms with E-state index in [1.165, 1.54) is 85.4 Å². The van der Waals surface area contributed by atoms with E-state index in [9.17, 15) is 58.1 Å². The molecule has 6 aliphatic rings. The molecule has 1 aliphatic carbocycles. The molecule has 524 valence electrons. The topological polar surface area (TPSA) is 383 Å². The van der Waals surface area contributed by atoms with Crippen molar-refractivity contribution < 1.29 is 101 Å². The number of aryl methyl sites for hydroxylation is 1. The van der Waals surface area contributed by atoms with E-state index < -0.39 is 146 Å². The van der Waals surface area contributed by atoms with E-state index in [0.717, 1.165) is 11.4 Å². The first-order valence-corrected chi connectivity index (χ1v) is 33.8. The number of nitrogens with one attached hydrogen (secondary N) is 4. The highest BCUT2D eigenvalue weighted by molar-refractivity contribution is 7.51. The summed E-state index contributed by atoms with van der Waals surface area (Å²) >= 11 is 0. The first-order chi connectivity index (χ1) is 45.1. The fourth-order valence-electron chi connectivity index (χ4n) is 12.4. The summed E-state index contributed by atoms with van der Waals surface area (Å²) in [5.41, 5.74) is -0.196. The number of ether oxygens (including phenoxy) is 7. The van der Waals surface area contributed by atoms with Gasteiger partial charge in [-0.15, -0.1) is 0 Å². The third-order valence-corrected chi connectivity index (χ3v) is 18.6. The van der Waals surface area contributed by atoms with Gasteiger partial charge in [0.2, 0.25) is 24.4 Å². The summed E-state index contributed by atoms with van der Waals surface area (Å²) in [6.07, 6.45) is 1.13. The molecule has 28 nitrogen and oxygen atoms in total. The molecule has 2 aromatic rings. The lowest BCUT2D eigenvalue weighted by atomic mass is 9.78. The van der Waals surface area contributed by atoms with Crippen LogP contribution >= 0.6 is 7.60 Å². The van der Waals surface area contributed by atoms with E-state index in [0.29, 0.717) is 43.1 Å². The molecule has 5 heterocycles. The molecule has 0 unspecified atom stereocenters. The Morgan fingerprint density at radius 1 is 0.906 bits per heavy atom. The largest absolute Gasteiger partial charge is 0.507 e. The van der Waals surface area contributed by atoms with Crippen molar-refractivity contribution in [1.29, 1.82) is 0 Å². The van der Waals surface area contributed by atoms with Crippen LogP contribution in [0, 0.1) is 36.5 Å². The van der Waals surface area contributed by atoms with Crippen LogP contribution in [-0.2, 0) is 68.2 Å². The number of methoxy groups -OCH3 is 1. The van der Waals surface area contributed by atoms with E-state index in [2.05, 4.69) is 40.0 Å². The molecule has 0 aromatic heterocycles. The van der Waals surface area contributed by atoms with Crippen LogP contribution in [0.2, 0.25) is 0 Å². The number of Topliss-reactive ketones (excluding diaryl/α,β-unsaturated/α-hetero) is 2. The number of carbonyl (C=O) groups is 9.